The van der Waals surface area contributed by atoms with Crippen molar-refractivity contribution in [3.63, 3.8) is 0 Å². The summed E-state index contributed by atoms with van der Waals surface area (Å²) in [6, 6.07) is 0. The van der Waals surface area contributed by atoms with Crippen molar-refractivity contribution in [1.29, 1.82) is 0 Å². The van der Waals surface area contributed by atoms with E-state index in [2.05, 4.69) is 0 Å². The van der Waals surface area contributed by atoms with Crippen molar-refractivity contribution < 1.29 is 9.84 Å². The second-order valence-corrected chi connectivity index (χ2v) is 4.18. The molecule has 0 aromatic rings. The van der Waals surface area contributed by atoms with E-state index in [-0.39, 0.29) is 0 Å². The molecule has 0 bridgehead atoms. The molecule has 72 valence electrons. The summed E-state index contributed by atoms with van der Waals surface area (Å²) in [7, 11) is 0. The molecular formula is C9H18O2S. The van der Waals surface area contributed by atoms with Gasteiger partial charge in [0.2, 0.25) is 0 Å². The molecule has 12 heavy (non-hydrogen) atoms. The predicted octanol–water partition coefficient (Wildman–Crippen LogP) is 2.02. The van der Waals surface area contributed by atoms with E-state index in [9.17, 15) is 0 Å². The molecule has 1 fully saturated rings. The molecule has 1 aliphatic rings. The Balaban J connectivity index is 1.81. The normalized spacial score (nSPS) is 23.2. The zero-order valence-corrected chi connectivity index (χ0v) is 8.31. The van der Waals surface area contributed by atoms with Crippen LogP contribution in [0.25, 0.3) is 0 Å². The van der Waals surface area contributed by atoms with Crippen molar-refractivity contribution in [2.75, 3.05) is 18.3 Å². The van der Waals surface area contributed by atoms with Gasteiger partial charge in [-0.05, 0) is 12.8 Å². The lowest BCUT2D eigenvalue weighted by Gasteiger charge is -2.06. The second kappa shape index (κ2) is 6.75. The lowest BCUT2D eigenvalue weighted by Crippen LogP contribution is -2.07. The summed E-state index contributed by atoms with van der Waals surface area (Å²) in [5, 5.41) is 8.55. The minimum atomic E-state index is 0.343. The number of ether oxygens (including phenoxy) is 1. The van der Waals surface area contributed by atoms with Crippen molar-refractivity contribution >= 4 is 11.8 Å². The van der Waals surface area contributed by atoms with Gasteiger partial charge in [0.25, 0.3) is 0 Å². The average Bonchev–Trinajstić information content (AvgIpc) is 2.57. The maximum absolute atomic E-state index is 8.55. The minimum Gasteiger partial charge on any atom is -0.396 e. The lowest BCUT2D eigenvalue weighted by atomic mass is 10.1. The third kappa shape index (κ3) is 4.33. The lowest BCUT2D eigenvalue weighted by molar-refractivity contribution is 0.114. The fraction of sp³-hybridized carbons (Fsp3) is 1.00. The van der Waals surface area contributed by atoms with Gasteiger partial charge in [-0.3, -0.25) is 0 Å². The van der Waals surface area contributed by atoms with E-state index < -0.39 is 0 Å². The van der Waals surface area contributed by atoms with Crippen LogP contribution in [0.5, 0.6) is 0 Å². The summed E-state index contributed by atoms with van der Waals surface area (Å²) in [5.41, 5.74) is 0. The Morgan fingerprint density at radius 1 is 1.25 bits per heavy atom. The van der Waals surface area contributed by atoms with Crippen LogP contribution in [0.15, 0.2) is 0 Å². The van der Waals surface area contributed by atoms with E-state index in [0.29, 0.717) is 12.7 Å². The Morgan fingerprint density at radius 2 is 2.08 bits per heavy atom. The summed E-state index contributed by atoms with van der Waals surface area (Å²) in [6.07, 6.45) is 6.34. The molecular weight excluding hydrogens is 172 g/mol. The van der Waals surface area contributed by atoms with Crippen LogP contribution in [-0.2, 0) is 4.74 Å². The maximum Gasteiger partial charge on any atom is 0.0926 e. The smallest absolute Gasteiger partial charge is 0.0926 e. The molecule has 0 aromatic carbocycles. The Morgan fingerprint density at radius 3 is 2.75 bits per heavy atom. The first kappa shape index (κ1) is 10.4. The summed E-state index contributed by atoms with van der Waals surface area (Å²) < 4.78 is 5.47. The molecule has 1 atom stereocenters. The Kier molecular flexibility index (Phi) is 5.82. The molecule has 1 aliphatic heterocycles. The molecule has 0 radical (unpaired) electrons. The van der Waals surface area contributed by atoms with Crippen LogP contribution in [0.4, 0.5) is 0 Å². The molecule has 1 rings (SSSR count). The molecule has 2 nitrogen and oxygen atoms in total. The van der Waals surface area contributed by atoms with E-state index in [0.717, 1.165) is 18.8 Å². The van der Waals surface area contributed by atoms with Crippen molar-refractivity contribution in [2.24, 2.45) is 0 Å². The van der Waals surface area contributed by atoms with Gasteiger partial charge in [0.15, 0.2) is 0 Å². The van der Waals surface area contributed by atoms with Crippen LogP contribution in [0, 0.1) is 0 Å². The third-order valence-electron chi connectivity index (χ3n) is 2.13. The molecule has 0 spiro atoms. The van der Waals surface area contributed by atoms with Crippen molar-refractivity contribution in [3.8, 4) is 0 Å². The van der Waals surface area contributed by atoms with Crippen LogP contribution in [0.2, 0.25) is 0 Å². The summed E-state index contributed by atoms with van der Waals surface area (Å²) >= 11 is 1.89. The van der Waals surface area contributed by atoms with Crippen LogP contribution >= 0.6 is 11.8 Å². The summed E-state index contributed by atoms with van der Waals surface area (Å²) in [4.78, 5) is 0. The van der Waals surface area contributed by atoms with Crippen molar-refractivity contribution in [2.45, 2.75) is 38.2 Å². The number of hydrogen-bond donors (Lipinski definition) is 1. The Labute approximate surface area is 78.7 Å². The molecule has 3 heteroatoms. The van der Waals surface area contributed by atoms with E-state index in [4.69, 9.17) is 9.84 Å². The van der Waals surface area contributed by atoms with E-state index in [1.54, 1.807) is 0 Å². The highest BCUT2D eigenvalue weighted by Gasteiger charge is 2.14. The van der Waals surface area contributed by atoms with E-state index in [1.165, 1.54) is 25.0 Å². The van der Waals surface area contributed by atoms with Gasteiger partial charge < -0.3 is 9.84 Å². The molecule has 0 aliphatic carbocycles. The molecule has 0 saturated carbocycles. The quantitative estimate of drug-likeness (QED) is 0.650. The fourth-order valence-electron chi connectivity index (χ4n) is 1.38. The van der Waals surface area contributed by atoms with Crippen LogP contribution < -0.4 is 0 Å². The SMILES string of the molecule is OCCCCCCC1CSCO1. The number of rotatable bonds is 6. The number of aliphatic hydroxyl groups excluding tert-OH is 1. The highest BCUT2D eigenvalue weighted by atomic mass is 32.2. The summed E-state index contributed by atoms with van der Waals surface area (Å²) in [6.45, 7) is 0.343. The third-order valence-corrected chi connectivity index (χ3v) is 3.04. The van der Waals surface area contributed by atoms with E-state index >= 15 is 0 Å². The minimum absolute atomic E-state index is 0.343. The van der Waals surface area contributed by atoms with Crippen LogP contribution in [-0.4, -0.2) is 29.5 Å². The van der Waals surface area contributed by atoms with Crippen molar-refractivity contribution in [1.82, 2.24) is 0 Å². The zero-order valence-electron chi connectivity index (χ0n) is 7.50. The van der Waals surface area contributed by atoms with Gasteiger partial charge >= 0.3 is 0 Å². The first-order valence-electron chi connectivity index (χ1n) is 4.73. The highest BCUT2D eigenvalue weighted by molar-refractivity contribution is 7.99. The molecule has 0 amide bonds. The molecule has 1 saturated heterocycles. The average molecular weight is 190 g/mol. The Hall–Kier alpha value is 0.270. The largest absolute Gasteiger partial charge is 0.396 e. The maximum atomic E-state index is 8.55. The number of thioether (sulfide) groups is 1. The number of aliphatic hydroxyl groups is 1. The molecule has 1 unspecified atom stereocenters. The topological polar surface area (TPSA) is 29.5 Å². The van der Waals surface area contributed by atoms with Gasteiger partial charge in [0, 0.05) is 12.4 Å². The zero-order chi connectivity index (χ0) is 8.65. The van der Waals surface area contributed by atoms with Gasteiger partial charge in [-0.15, -0.1) is 11.8 Å². The van der Waals surface area contributed by atoms with Crippen LogP contribution in [0.1, 0.15) is 32.1 Å². The van der Waals surface area contributed by atoms with Gasteiger partial charge in [0.05, 0.1) is 12.0 Å². The monoisotopic (exact) mass is 190 g/mol. The van der Waals surface area contributed by atoms with E-state index in [1.807, 2.05) is 11.8 Å². The Bertz CT molecular complexity index is 103. The summed E-state index contributed by atoms with van der Waals surface area (Å²) in [5.74, 6) is 2.07. The highest BCUT2D eigenvalue weighted by Crippen LogP contribution is 2.20. The second-order valence-electron chi connectivity index (χ2n) is 3.20. The van der Waals surface area contributed by atoms with Crippen LogP contribution in [0.3, 0.4) is 0 Å². The first-order valence-corrected chi connectivity index (χ1v) is 5.89. The van der Waals surface area contributed by atoms with Crippen molar-refractivity contribution in [3.05, 3.63) is 0 Å². The van der Waals surface area contributed by atoms with Gasteiger partial charge in [0.1, 0.15) is 0 Å². The first-order chi connectivity index (χ1) is 5.93. The fourth-order valence-corrected chi connectivity index (χ4v) is 2.29. The molecule has 1 N–H and O–H groups in total. The predicted molar refractivity (Wildman–Crippen MR) is 52.4 cm³/mol. The van der Waals surface area contributed by atoms with Gasteiger partial charge in [-0.25, -0.2) is 0 Å². The number of hydrogen-bond acceptors (Lipinski definition) is 3. The molecule has 0 aromatic heterocycles. The standard InChI is InChI=1S/C9H18O2S/c10-6-4-2-1-3-5-9-7-12-8-11-9/h9-10H,1-8H2. The molecule has 1 heterocycles. The number of unbranched alkanes of at least 4 members (excludes halogenated alkanes) is 3. The van der Waals surface area contributed by atoms with Gasteiger partial charge in [-0.2, -0.15) is 0 Å². The van der Waals surface area contributed by atoms with Gasteiger partial charge in [-0.1, -0.05) is 19.3 Å².